The van der Waals surface area contributed by atoms with Crippen molar-refractivity contribution in [1.82, 2.24) is 15.6 Å². The van der Waals surface area contributed by atoms with E-state index in [-0.39, 0.29) is 35.1 Å². The number of ether oxygens (including phenoxy) is 1. The van der Waals surface area contributed by atoms with Gasteiger partial charge in [-0.1, -0.05) is 17.7 Å². The number of nitrogens with zero attached hydrogens (tertiary/aromatic N) is 3. The quantitative estimate of drug-likeness (QED) is 0.496. The van der Waals surface area contributed by atoms with Gasteiger partial charge in [0.25, 0.3) is 0 Å². The number of aromatic nitrogens is 1. The number of amides is 4. The van der Waals surface area contributed by atoms with Crippen molar-refractivity contribution in [3.8, 4) is 5.75 Å². The van der Waals surface area contributed by atoms with Crippen LogP contribution in [0, 0.1) is 11.3 Å². The van der Waals surface area contributed by atoms with E-state index in [4.69, 9.17) is 16.3 Å². The van der Waals surface area contributed by atoms with Crippen LogP contribution < -0.4 is 25.2 Å². The molecule has 0 bridgehead atoms. The van der Waals surface area contributed by atoms with Gasteiger partial charge < -0.3 is 20.3 Å². The zero-order chi connectivity index (χ0) is 27.6. The maximum Gasteiger partial charge on any atom is 0.329 e. The largest absolute Gasteiger partial charge is 0.497 e. The van der Waals surface area contributed by atoms with E-state index in [1.165, 1.54) is 4.90 Å². The number of benzene rings is 2. The molecule has 7 rings (SSSR count). The molecule has 1 aromatic heterocycles. The summed E-state index contributed by atoms with van der Waals surface area (Å²) in [6.07, 6.45) is 5.97. The number of nitrogens with one attached hydrogen (secondary N) is 2. The zero-order valence-corrected chi connectivity index (χ0v) is 22.9. The summed E-state index contributed by atoms with van der Waals surface area (Å²) < 4.78 is 5.39. The minimum Gasteiger partial charge on any atom is -0.497 e. The van der Waals surface area contributed by atoms with Crippen molar-refractivity contribution in [2.75, 3.05) is 36.5 Å². The highest BCUT2D eigenvalue weighted by Gasteiger charge is 2.49. The average Bonchev–Trinajstić information content (AvgIpc) is 3.34. The minimum absolute atomic E-state index is 0.00119. The number of hydrogen-bond acceptors (Lipinski definition) is 6. The molecule has 0 radical (unpaired) electrons. The van der Waals surface area contributed by atoms with Gasteiger partial charge in [-0.2, -0.15) is 0 Å². The zero-order valence-electron chi connectivity index (χ0n) is 22.2. The molecule has 3 atom stereocenters. The second-order valence-electron chi connectivity index (χ2n) is 11.6. The van der Waals surface area contributed by atoms with Gasteiger partial charge in [0, 0.05) is 65.2 Å². The molecule has 1 aliphatic carbocycles. The van der Waals surface area contributed by atoms with E-state index in [0.29, 0.717) is 36.5 Å². The van der Waals surface area contributed by atoms with E-state index < -0.39 is 6.03 Å². The Bertz CT molecular complexity index is 1550. The second kappa shape index (κ2) is 9.37. The van der Waals surface area contributed by atoms with Crippen LogP contribution >= 0.6 is 11.6 Å². The lowest BCUT2D eigenvalue weighted by atomic mass is 9.74. The van der Waals surface area contributed by atoms with Crippen molar-refractivity contribution in [3.05, 3.63) is 59.4 Å². The molecule has 3 unspecified atom stereocenters. The molecular formula is C30H30ClN5O4. The average molecular weight is 560 g/mol. The highest BCUT2D eigenvalue weighted by molar-refractivity contribution is 6.31. The molecule has 3 aromatic rings. The van der Waals surface area contributed by atoms with Crippen LogP contribution in [-0.2, 0) is 9.59 Å². The fourth-order valence-electron chi connectivity index (χ4n) is 7.02. The number of hydrogen-bond donors (Lipinski definition) is 2. The van der Waals surface area contributed by atoms with E-state index in [9.17, 15) is 14.4 Å². The molecule has 4 heterocycles. The topological polar surface area (TPSA) is 104 Å². The first-order valence-electron chi connectivity index (χ1n) is 13.7. The fourth-order valence-corrected chi connectivity index (χ4v) is 7.29. The van der Waals surface area contributed by atoms with Gasteiger partial charge in [0.15, 0.2) is 0 Å². The lowest BCUT2D eigenvalue weighted by Gasteiger charge is -2.48. The van der Waals surface area contributed by atoms with Crippen molar-refractivity contribution in [1.29, 1.82) is 0 Å². The number of methoxy groups -OCH3 is 1. The van der Waals surface area contributed by atoms with Crippen LogP contribution in [0.25, 0.3) is 10.8 Å². The Labute approximate surface area is 236 Å². The monoisotopic (exact) mass is 559 g/mol. The van der Waals surface area contributed by atoms with Gasteiger partial charge in [-0.05, 0) is 61.1 Å². The first-order chi connectivity index (χ1) is 19.3. The number of fused-ring (bicyclic) bond motifs is 2. The normalized spacial score (nSPS) is 25.4. The highest BCUT2D eigenvalue weighted by Crippen LogP contribution is 2.44. The number of anilines is 2. The molecule has 2 N–H and O–H groups in total. The number of rotatable bonds is 4. The molecule has 4 amide bonds. The Morgan fingerprint density at radius 1 is 1.07 bits per heavy atom. The minimum atomic E-state index is -0.429. The van der Waals surface area contributed by atoms with Gasteiger partial charge in [-0.25, -0.2) is 9.69 Å². The summed E-state index contributed by atoms with van der Waals surface area (Å²) in [6, 6.07) is 11.0. The summed E-state index contributed by atoms with van der Waals surface area (Å²) in [5.41, 5.74) is 2.48. The number of imide groups is 1. The molecule has 2 aromatic carbocycles. The second-order valence-corrected chi connectivity index (χ2v) is 12.0. The van der Waals surface area contributed by atoms with Crippen molar-refractivity contribution < 1.29 is 19.1 Å². The van der Waals surface area contributed by atoms with E-state index >= 15 is 0 Å². The van der Waals surface area contributed by atoms with Crippen molar-refractivity contribution in [2.45, 2.75) is 37.6 Å². The van der Waals surface area contributed by atoms with E-state index in [1.54, 1.807) is 19.5 Å². The number of pyridine rings is 1. The Morgan fingerprint density at radius 3 is 2.70 bits per heavy atom. The van der Waals surface area contributed by atoms with E-state index in [0.717, 1.165) is 47.3 Å². The number of carbonyl (C=O) groups is 3. The molecular weight excluding hydrogens is 530 g/mol. The Hall–Kier alpha value is -3.85. The summed E-state index contributed by atoms with van der Waals surface area (Å²) in [5, 5.41) is 8.39. The lowest BCUT2D eigenvalue weighted by molar-refractivity contribution is -0.124. The van der Waals surface area contributed by atoms with Crippen LogP contribution in [0.15, 0.2) is 48.8 Å². The molecule has 206 valence electrons. The van der Waals surface area contributed by atoms with Crippen LogP contribution in [0.2, 0.25) is 5.02 Å². The summed E-state index contributed by atoms with van der Waals surface area (Å²) in [6.45, 7) is 2.30. The molecule has 40 heavy (non-hydrogen) atoms. The van der Waals surface area contributed by atoms with Gasteiger partial charge in [-0.3, -0.25) is 14.6 Å². The third-order valence-electron chi connectivity index (χ3n) is 9.12. The molecule has 3 saturated heterocycles. The van der Waals surface area contributed by atoms with Gasteiger partial charge in [0.1, 0.15) is 5.75 Å². The maximum atomic E-state index is 13.9. The van der Waals surface area contributed by atoms with Gasteiger partial charge >= 0.3 is 6.03 Å². The third-order valence-corrected chi connectivity index (χ3v) is 9.47. The third kappa shape index (κ3) is 4.06. The summed E-state index contributed by atoms with van der Waals surface area (Å²) in [4.78, 5) is 47.0. The number of urea groups is 1. The SMILES string of the molecule is COc1ccc(Cl)c(C2CCC3C(=O)N(c4cncc5ccc(N6CC7(CNC(=O)C7)C6)cc45)C(=O)NC3C2)c1. The standard InChI is InChI=1S/C30H30ClN5O4/c1-40-20-5-7-24(31)22(10-20)17-3-6-21-25(8-17)34-29(39)36(28(21)38)26-13-32-12-18-2-4-19(9-23(18)26)35-15-30(16-35)11-27(37)33-14-30/h2,4-5,7,9-10,12-13,17,21,25H,3,6,8,11,14-16H2,1H3,(H,33,37)(H,34,39). The first kappa shape index (κ1) is 25.1. The molecule has 4 aliphatic rings. The molecule has 10 heteroatoms. The fraction of sp³-hybridized carbons (Fsp3) is 0.400. The van der Waals surface area contributed by atoms with Crippen LogP contribution in [-0.4, -0.2) is 55.6 Å². The molecule has 1 saturated carbocycles. The van der Waals surface area contributed by atoms with E-state index in [1.807, 2.05) is 36.4 Å². The number of halogens is 1. The van der Waals surface area contributed by atoms with Gasteiger partial charge in [0.2, 0.25) is 11.8 Å². The van der Waals surface area contributed by atoms with Crippen LogP contribution in [0.5, 0.6) is 5.75 Å². The molecule has 9 nitrogen and oxygen atoms in total. The van der Waals surface area contributed by atoms with Crippen LogP contribution in [0.3, 0.4) is 0 Å². The predicted octanol–water partition coefficient (Wildman–Crippen LogP) is 4.23. The summed E-state index contributed by atoms with van der Waals surface area (Å²) >= 11 is 6.52. The van der Waals surface area contributed by atoms with E-state index in [2.05, 4.69) is 20.5 Å². The predicted molar refractivity (Wildman–Crippen MR) is 152 cm³/mol. The Balaban J connectivity index is 1.14. The summed E-state index contributed by atoms with van der Waals surface area (Å²) in [7, 11) is 1.62. The molecule has 1 spiro atoms. The Kier molecular flexibility index (Phi) is 5.89. The van der Waals surface area contributed by atoms with Crippen molar-refractivity contribution in [3.63, 3.8) is 0 Å². The van der Waals surface area contributed by atoms with Crippen LogP contribution in [0.4, 0.5) is 16.2 Å². The van der Waals surface area contributed by atoms with Crippen molar-refractivity contribution >= 4 is 51.6 Å². The maximum absolute atomic E-state index is 13.9. The van der Waals surface area contributed by atoms with Gasteiger partial charge in [-0.15, -0.1) is 0 Å². The highest BCUT2D eigenvalue weighted by atomic mass is 35.5. The van der Waals surface area contributed by atoms with Crippen molar-refractivity contribution in [2.24, 2.45) is 11.3 Å². The Morgan fingerprint density at radius 2 is 1.93 bits per heavy atom. The van der Waals surface area contributed by atoms with Gasteiger partial charge in [0.05, 0.1) is 24.9 Å². The molecule has 4 fully saturated rings. The molecule has 3 aliphatic heterocycles. The van der Waals surface area contributed by atoms with Crippen LogP contribution in [0.1, 0.15) is 37.2 Å². The number of carbonyl (C=O) groups excluding carboxylic acids is 3. The first-order valence-corrected chi connectivity index (χ1v) is 14.1. The smallest absolute Gasteiger partial charge is 0.329 e. The lowest BCUT2D eigenvalue weighted by Crippen LogP contribution is -2.61. The summed E-state index contributed by atoms with van der Waals surface area (Å²) in [5.74, 6) is 0.457.